The predicted octanol–water partition coefficient (Wildman–Crippen LogP) is -0.231. The fraction of sp³-hybridized carbons (Fsp3) is 0.750. The first-order valence-electron chi connectivity index (χ1n) is 2.48. The van der Waals surface area contributed by atoms with E-state index in [2.05, 4.69) is 4.72 Å². The second kappa shape index (κ2) is 2.06. The Morgan fingerprint density at radius 2 is 2.33 bits per heavy atom. The van der Waals surface area contributed by atoms with Crippen molar-refractivity contribution in [1.82, 2.24) is 4.72 Å². The fourth-order valence-electron chi connectivity index (χ4n) is 0.529. The van der Waals surface area contributed by atoms with Gasteiger partial charge in [-0.3, -0.25) is 4.55 Å². The molecular weight excluding hydrogens is 140 g/mol. The average Bonchev–Trinajstić information content (AvgIpc) is 2.48. The summed E-state index contributed by atoms with van der Waals surface area (Å²) in [4.78, 5) is 0. The van der Waals surface area contributed by atoms with Gasteiger partial charge in [-0.05, 0) is 12.8 Å². The Morgan fingerprint density at radius 3 is 2.44 bits per heavy atom. The Kier molecular flexibility index (Phi) is 1.53. The summed E-state index contributed by atoms with van der Waals surface area (Å²) < 4.78 is 20.6. The Morgan fingerprint density at radius 1 is 1.78 bits per heavy atom. The fourth-order valence-corrected chi connectivity index (χ4v) is 1.11. The van der Waals surface area contributed by atoms with Gasteiger partial charge in [-0.15, -0.1) is 0 Å². The first kappa shape index (κ1) is 6.68. The van der Waals surface area contributed by atoms with Crippen LogP contribution in [0.5, 0.6) is 0 Å². The number of nitrogens with one attached hydrogen (secondary N) is 1. The van der Waals surface area contributed by atoms with Crippen molar-refractivity contribution in [1.29, 1.82) is 5.26 Å². The minimum atomic E-state index is -2.04. The normalized spacial score (nSPS) is 24.4. The van der Waals surface area contributed by atoms with Crippen molar-refractivity contribution in [2.24, 2.45) is 0 Å². The lowest BCUT2D eigenvalue weighted by atomic mass is 10.3. The Labute approximate surface area is 55.3 Å². The Hall–Kier alpha value is -0.440. The van der Waals surface area contributed by atoms with Gasteiger partial charge in [0.05, 0.1) is 6.07 Å². The van der Waals surface area contributed by atoms with Gasteiger partial charge in [0.15, 0.2) is 0 Å². The maximum atomic E-state index is 10.1. The Bertz CT molecular complexity index is 181. The average molecular weight is 146 g/mol. The zero-order chi connectivity index (χ0) is 6.91. The third-order valence-corrected chi connectivity index (χ3v) is 1.81. The van der Waals surface area contributed by atoms with Gasteiger partial charge in [0.1, 0.15) is 5.54 Å². The van der Waals surface area contributed by atoms with E-state index in [-0.39, 0.29) is 0 Å². The van der Waals surface area contributed by atoms with Gasteiger partial charge in [-0.25, -0.2) is 4.21 Å². The molecule has 0 aliphatic heterocycles. The van der Waals surface area contributed by atoms with E-state index in [1.165, 1.54) is 0 Å². The molecule has 0 aromatic carbocycles. The van der Waals surface area contributed by atoms with E-state index < -0.39 is 16.8 Å². The summed E-state index contributed by atoms with van der Waals surface area (Å²) in [7, 11) is 0. The molecule has 0 aromatic heterocycles. The molecule has 4 nitrogen and oxygen atoms in total. The summed E-state index contributed by atoms with van der Waals surface area (Å²) in [6.45, 7) is 0. The summed E-state index contributed by atoms with van der Waals surface area (Å²) in [6, 6.07) is 1.92. The van der Waals surface area contributed by atoms with E-state index in [0.29, 0.717) is 12.8 Å². The molecule has 1 saturated carbocycles. The smallest absolute Gasteiger partial charge is 0.233 e. The molecule has 0 heterocycles. The molecule has 1 atom stereocenters. The molecule has 0 spiro atoms. The van der Waals surface area contributed by atoms with Crippen LogP contribution in [0, 0.1) is 11.3 Å². The van der Waals surface area contributed by atoms with Gasteiger partial charge in [0.2, 0.25) is 11.3 Å². The largest absolute Gasteiger partial charge is 0.294 e. The molecule has 0 amide bonds. The zero-order valence-corrected chi connectivity index (χ0v) is 5.44. The van der Waals surface area contributed by atoms with Gasteiger partial charge < -0.3 is 0 Å². The summed E-state index contributed by atoms with van der Waals surface area (Å²) >= 11 is -2.04. The maximum Gasteiger partial charge on any atom is 0.233 e. The van der Waals surface area contributed by atoms with E-state index in [4.69, 9.17) is 9.81 Å². The quantitative estimate of drug-likeness (QED) is 0.528. The molecule has 1 unspecified atom stereocenters. The standard InChI is InChI=1S/C4H6N2O2S/c5-3-4(1-2-4)6-9(7)8/h6H,1-2H2,(H,7,8). The minimum absolute atomic E-state index is 0.676. The van der Waals surface area contributed by atoms with E-state index in [0.717, 1.165) is 0 Å². The van der Waals surface area contributed by atoms with E-state index in [9.17, 15) is 4.21 Å². The summed E-state index contributed by atoms with van der Waals surface area (Å²) in [6.07, 6.45) is 1.35. The molecule has 1 aliphatic carbocycles. The van der Waals surface area contributed by atoms with Gasteiger partial charge >= 0.3 is 0 Å². The zero-order valence-electron chi connectivity index (χ0n) is 4.63. The van der Waals surface area contributed by atoms with Crippen LogP contribution in [-0.4, -0.2) is 14.3 Å². The molecule has 9 heavy (non-hydrogen) atoms. The van der Waals surface area contributed by atoms with Gasteiger partial charge in [-0.1, -0.05) is 0 Å². The van der Waals surface area contributed by atoms with Crippen LogP contribution in [0.1, 0.15) is 12.8 Å². The summed E-state index contributed by atoms with van der Waals surface area (Å²) in [5, 5.41) is 8.35. The lowest BCUT2D eigenvalue weighted by Crippen LogP contribution is -2.30. The molecule has 0 bridgehead atoms. The molecule has 0 saturated heterocycles. The van der Waals surface area contributed by atoms with Crippen molar-refractivity contribution in [3.05, 3.63) is 0 Å². The van der Waals surface area contributed by atoms with Crippen LogP contribution in [0.3, 0.4) is 0 Å². The van der Waals surface area contributed by atoms with Gasteiger partial charge in [-0.2, -0.15) is 9.98 Å². The number of hydrogen-bond donors (Lipinski definition) is 2. The van der Waals surface area contributed by atoms with E-state index >= 15 is 0 Å². The highest BCUT2D eigenvalue weighted by Gasteiger charge is 2.44. The minimum Gasteiger partial charge on any atom is -0.294 e. The third-order valence-electron chi connectivity index (χ3n) is 1.25. The molecule has 2 N–H and O–H groups in total. The van der Waals surface area contributed by atoms with Crippen LogP contribution in [0.15, 0.2) is 0 Å². The summed E-state index contributed by atoms with van der Waals surface area (Å²) in [5.74, 6) is 0. The van der Waals surface area contributed by atoms with Crippen LogP contribution in [0.25, 0.3) is 0 Å². The van der Waals surface area contributed by atoms with Crippen LogP contribution >= 0.6 is 0 Å². The van der Waals surface area contributed by atoms with Crippen LogP contribution in [0.2, 0.25) is 0 Å². The first-order chi connectivity index (χ1) is 4.18. The van der Waals surface area contributed by atoms with Crippen molar-refractivity contribution in [2.75, 3.05) is 0 Å². The van der Waals surface area contributed by atoms with Crippen molar-refractivity contribution in [3.8, 4) is 6.07 Å². The Balaban J connectivity index is 2.45. The van der Waals surface area contributed by atoms with E-state index in [1.54, 1.807) is 0 Å². The lowest BCUT2D eigenvalue weighted by molar-refractivity contribution is 0.539. The lowest BCUT2D eigenvalue weighted by Gasteiger charge is -2.00. The van der Waals surface area contributed by atoms with Crippen molar-refractivity contribution in [2.45, 2.75) is 18.4 Å². The molecule has 0 aromatic rings. The highest BCUT2D eigenvalue weighted by Crippen LogP contribution is 2.34. The van der Waals surface area contributed by atoms with E-state index in [1.807, 2.05) is 6.07 Å². The van der Waals surface area contributed by atoms with Gasteiger partial charge in [0.25, 0.3) is 0 Å². The second-order valence-electron chi connectivity index (χ2n) is 2.05. The molecule has 1 fully saturated rings. The topological polar surface area (TPSA) is 73.1 Å². The number of rotatable bonds is 2. The van der Waals surface area contributed by atoms with Crippen LogP contribution < -0.4 is 4.72 Å². The molecule has 50 valence electrons. The molecule has 1 rings (SSSR count). The van der Waals surface area contributed by atoms with Gasteiger partial charge in [0, 0.05) is 0 Å². The number of nitrogens with zero attached hydrogens (tertiary/aromatic N) is 1. The molecule has 5 heteroatoms. The van der Waals surface area contributed by atoms with Crippen LogP contribution in [0.4, 0.5) is 0 Å². The van der Waals surface area contributed by atoms with Crippen molar-refractivity contribution < 1.29 is 8.76 Å². The third kappa shape index (κ3) is 1.48. The number of hydrogen-bond acceptors (Lipinski definition) is 2. The molecule has 1 aliphatic rings. The molecular formula is C4H6N2O2S. The number of nitriles is 1. The van der Waals surface area contributed by atoms with Crippen LogP contribution in [-0.2, 0) is 11.3 Å². The SMILES string of the molecule is N#CC1(NS(=O)O)CC1. The predicted molar refractivity (Wildman–Crippen MR) is 31.5 cm³/mol. The molecule has 0 radical (unpaired) electrons. The highest BCUT2D eigenvalue weighted by molar-refractivity contribution is 7.77. The highest BCUT2D eigenvalue weighted by atomic mass is 32.2. The summed E-state index contributed by atoms with van der Waals surface area (Å²) in [5.41, 5.74) is -0.681. The van der Waals surface area contributed by atoms with Crippen molar-refractivity contribution in [3.63, 3.8) is 0 Å². The van der Waals surface area contributed by atoms with Crippen molar-refractivity contribution >= 4 is 11.3 Å². The monoisotopic (exact) mass is 146 g/mol. The maximum absolute atomic E-state index is 10.1. The first-order valence-corrected chi connectivity index (χ1v) is 3.59. The second-order valence-corrected chi connectivity index (χ2v) is 2.75.